The maximum atomic E-state index is 5.99. The van der Waals surface area contributed by atoms with Gasteiger partial charge >= 0.3 is 0 Å². The molecule has 0 spiro atoms. The molecule has 0 saturated heterocycles. The van der Waals surface area contributed by atoms with Crippen molar-refractivity contribution in [3.8, 4) is 0 Å². The number of aryl methyl sites for hydroxylation is 1. The van der Waals surface area contributed by atoms with Crippen LogP contribution in [0.25, 0.3) is 11.0 Å². The van der Waals surface area contributed by atoms with E-state index in [4.69, 9.17) is 17.3 Å². The summed E-state index contributed by atoms with van der Waals surface area (Å²) in [6, 6.07) is 5.76. The van der Waals surface area contributed by atoms with E-state index in [-0.39, 0.29) is 5.41 Å². The molecular formula is C16H24ClN3. The number of aromatic amines is 1. The molecule has 2 aromatic rings. The third kappa shape index (κ3) is 3.74. The normalized spacial score (nSPS) is 13.8. The number of hydrogen-bond donors (Lipinski definition) is 2. The number of H-pyrrole nitrogens is 1. The SMILES string of the molecule is CC(C)(C)C(CCN)CCc1nc2ccc(Cl)cc2[nH]1. The van der Waals surface area contributed by atoms with Crippen LogP contribution in [0, 0.1) is 11.3 Å². The van der Waals surface area contributed by atoms with Crippen molar-refractivity contribution < 1.29 is 0 Å². The maximum Gasteiger partial charge on any atom is 0.107 e. The summed E-state index contributed by atoms with van der Waals surface area (Å²) in [4.78, 5) is 7.98. The Bertz CT molecular complexity index is 569. The van der Waals surface area contributed by atoms with Gasteiger partial charge in [0.2, 0.25) is 0 Å². The Morgan fingerprint density at radius 3 is 2.70 bits per heavy atom. The number of nitrogens with zero attached hydrogens (tertiary/aromatic N) is 1. The van der Waals surface area contributed by atoms with Gasteiger partial charge in [0.15, 0.2) is 0 Å². The molecule has 1 aromatic heterocycles. The van der Waals surface area contributed by atoms with Crippen molar-refractivity contribution in [2.45, 2.75) is 40.0 Å². The predicted molar refractivity (Wildman–Crippen MR) is 86.0 cm³/mol. The summed E-state index contributed by atoms with van der Waals surface area (Å²) in [6.07, 6.45) is 3.12. The van der Waals surface area contributed by atoms with E-state index in [2.05, 4.69) is 30.7 Å². The van der Waals surface area contributed by atoms with Gasteiger partial charge in [-0.15, -0.1) is 0 Å². The summed E-state index contributed by atoms with van der Waals surface area (Å²) >= 11 is 5.99. The van der Waals surface area contributed by atoms with Crippen LogP contribution in [-0.2, 0) is 6.42 Å². The van der Waals surface area contributed by atoms with Gasteiger partial charge in [0, 0.05) is 11.4 Å². The number of hydrogen-bond acceptors (Lipinski definition) is 2. The summed E-state index contributed by atoms with van der Waals surface area (Å²) in [5.41, 5.74) is 8.02. The Morgan fingerprint density at radius 1 is 1.30 bits per heavy atom. The van der Waals surface area contributed by atoms with Gasteiger partial charge < -0.3 is 10.7 Å². The second-order valence-electron chi connectivity index (χ2n) is 6.52. The van der Waals surface area contributed by atoms with Crippen LogP contribution >= 0.6 is 11.6 Å². The molecule has 0 bridgehead atoms. The van der Waals surface area contributed by atoms with E-state index in [0.29, 0.717) is 5.92 Å². The Hall–Kier alpha value is -1.06. The molecular weight excluding hydrogens is 270 g/mol. The third-order valence-electron chi connectivity index (χ3n) is 3.96. The van der Waals surface area contributed by atoms with Gasteiger partial charge in [-0.3, -0.25) is 0 Å². The molecule has 1 heterocycles. The molecule has 3 N–H and O–H groups in total. The third-order valence-corrected chi connectivity index (χ3v) is 4.20. The fraction of sp³-hybridized carbons (Fsp3) is 0.562. The minimum atomic E-state index is 0.286. The number of nitrogens with one attached hydrogen (secondary N) is 1. The second kappa shape index (κ2) is 6.15. The first-order valence-electron chi connectivity index (χ1n) is 7.24. The summed E-state index contributed by atoms with van der Waals surface area (Å²) in [6.45, 7) is 7.60. The van der Waals surface area contributed by atoms with Crippen molar-refractivity contribution in [3.05, 3.63) is 29.0 Å². The monoisotopic (exact) mass is 293 g/mol. The van der Waals surface area contributed by atoms with Gasteiger partial charge in [0.05, 0.1) is 11.0 Å². The van der Waals surface area contributed by atoms with E-state index in [0.717, 1.165) is 47.7 Å². The first kappa shape index (κ1) is 15.3. The van der Waals surface area contributed by atoms with Crippen LogP contribution in [0.5, 0.6) is 0 Å². The fourth-order valence-electron chi connectivity index (χ4n) is 2.68. The Labute approximate surface area is 125 Å². The quantitative estimate of drug-likeness (QED) is 0.869. The van der Waals surface area contributed by atoms with Crippen LogP contribution in [0.2, 0.25) is 5.02 Å². The molecule has 0 aliphatic heterocycles. The molecule has 0 aliphatic rings. The van der Waals surface area contributed by atoms with E-state index in [9.17, 15) is 0 Å². The molecule has 4 heteroatoms. The number of fused-ring (bicyclic) bond motifs is 1. The van der Waals surface area contributed by atoms with Crippen LogP contribution in [0.4, 0.5) is 0 Å². The number of aromatic nitrogens is 2. The maximum absolute atomic E-state index is 5.99. The molecule has 1 aromatic carbocycles. The van der Waals surface area contributed by atoms with E-state index >= 15 is 0 Å². The van der Waals surface area contributed by atoms with Gasteiger partial charge in [-0.05, 0) is 48.9 Å². The van der Waals surface area contributed by atoms with Crippen molar-refractivity contribution >= 4 is 22.6 Å². The molecule has 0 amide bonds. The molecule has 0 radical (unpaired) electrons. The molecule has 20 heavy (non-hydrogen) atoms. The topological polar surface area (TPSA) is 54.7 Å². The molecule has 3 nitrogen and oxygen atoms in total. The predicted octanol–water partition coefficient (Wildman–Crippen LogP) is 4.16. The van der Waals surface area contributed by atoms with Gasteiger partial charge in [-0.25, -0.2) is 4.98 Å². The smallest absolute Gasteiger partial charge is 0.107 e. The van der Waals surface area contributed by atoms with Crippen LogP contribution in [-0.4, -0.2) is 16.5 Å². The van der Waals surface area contributed by atoms with Crippen molar-refractivity contribution in [2.75, 3.05) is 6.54 Å². The second-order valence-corrected chi connectivity index (χ2v) is 6.96. The Morgan fingerprint density at radius 2 is 2.05 bits per heavy atom. The fourth-order valence-corrected chi connectivity index (χ4v) is 2.85. The average molecular weight is 294 g/mol. The standard InChI is InChI=1S/C16H24ClN3/c1-16(2,3)11(8-9-18)4-7-15-19-13-6-5-12(17)10-14(13)20-15/h5-6,10-11H,4,7-9,18H2,1-3H3,(H,19,20). The molecule has 2 rings (SSSR count). The van der Waals surface area contributed by atoms with Crippen LogP contribution in [0.1, 0.15) is 39.4 Å². The molecule has 0 fully saturated rings. The molecule has 1 unspecified atom stereocenters. The van der Waals surface area contributed by atoms with E-state index < -0.39 is 0 Å². The van der Waals surface area contributed by atoms with Gasteiger partial charge in [-0.2, -0.15) is 0 Å². The Balaban J connectivity index is 2.07. The summed E-state index contributed by atoms with van der Waals surface area (Å²) in [5.74, 6) is 1.65. The van der Waals surface area contributed by atoms with E-state index in [1.807, 2.05) is 18.2 Å². The average Bonchev–Trinajstić information content (AvgIpc) is 2.74. The van der Waals surface area contributed by atoms with E-state index in [1.54, 1.807) is 0 Å². The van der Waals surface area contributed by atoms with Crippen molar-refractivity contribution in [1.29, 1.82) is 0 Å². The highest BCUT2D eigenvalue weighted by Gasteiger charge is 2.23. The minimum absolute atomic E-state index is 0.286. The zero-order chi connectivity index (χ0) is 14.8. The summed E-state index contributed by atoms with van der Waals surface area (Å²) in [7, 11) is 0. The number of nitrogens with two attached hydrogens (primary N) is 1. The van der Waals surface area contributed by atoms with Crippen LogP contribution in [0.15, 0.2) is 18.2 Å². The zero-order valence-electron chi connectivity index (χ0n) is 12.5. The number of benzene rings is 1. The Kier molecular flexibility index (Phi) is 4.71. The molecule has 0 aliphatic carbocycles. The first-order chi connectivity index (χ1) is 9.40. The number of imidazole rings is 1. The van der Waals surface area contributed by atoms with E-state index in [1.165, 1.54) is 0 Å². The van der Waals surface area contributed by atoms with Gasteiger partial charge in [-0.1, -0.05) is 32.4 Å². The zero-order valence-corrected chi connectivity index (χ0v) is 13.3. The van der Waals surface area contributed by atoms with Crippen LogP contribution in [0.3, 0.4) is 0 Å². The lowest BCUT2D eigenvalue weighted by Crippen LogP contribution is -2.24. The minimum Gasteiger partial charge on any atom is -0.342 e. The first-order valence-corrected chi connectivity index (χ1v) is 7.62. The molecule has 0 saturated carbocycles. The van der Waals surface area contributed by atoms with Crippen molar-refractivity contribution in [2.24, 2.45) is 17.1 Å². The van der Waals surface area contributed by atoms with Gasteiger partial charge in [0.25, 0.3) is 0 Å². The lowest BCUT2D eigenvalue weighted by Gasteiger charge is -2.30. The lowest BCUT2D eigenvalue weighted by atomic mass is 9.76. The lowest BCUT2D eigenvalue weighted by molar-refractivity contribution is 0.214. The number of rotatable bonds is 5. The molecule has 110 valence electrons. The highest BCUT2D eigenvalue weighted by Crippen LogP contribution is 2.32. The highest BCUT2D eigenvalue weighted by atomic mass is 35.5. The van der Waals surface area contributed by atoms with Crippen molar-refractivity contribution in [3.63, 3.8) is 0 Å². The largest absolute Gasteiger partial charge is 0.342 e. The highest BCUT2D eigenvalue weighted by molar-refractivity contribution is 6.31. The molecule has 1 atom stereocenters. The number of halogens is 1. The summed E-state index contributed by atoms with van der Waals surface area (Å²) < 4.78 is 0. The van der Waals surface area contributed by atoms with Gasteiger partial charge in [0.1, 0.15) is 5.82 Å². The van der Waals surface area contributed by atoms with Crippen LogP contribution < -0.4 is 5.73 Å². The van der Waals surface area contributed by atoms with Crippen molar-refractivity contribution in [1.82, 2.24) is 9.97 Å². The summed E-state index contributed by atoms with van der Waals surface area (Å²) in [5, 5.41) is 0.739.